The molecule has 25 heavy (non-hydrogen) atoms. The Balaban J connectivity index is 2.02. The topological polar surface area (TPSA) is 80.2 Å². The zero-order chi connectivity index (χ0) is 18.4. The summed E-state index contributed by atoms with van der Waals surface area (Å²) in [4.78, 5) is 7.96. The molecule has 1 unspecified atom stereocenters. The standard InChI is InChI=1S/C17H16F3N3O2/c1-11(24)12-2-4-13(5-3-12)16(21)23-10-22-14-6-8-15(9-7-14)25-17(18,19)20/h2-11,24H,1H3,(H2,21,22,23). The van der Waals surface area contributed by atoms with E-state index in [0.717, 1.165) is 17.7 Å². The summed E-state index contributed by atoms with van der Waals surface area (Å²) in [5, 5.41) is 9.45. The van der Waals surface area contributed by atoms with Crippen LogP contribution in [0.3, 0.4) is 0 Å². The highest BCUT2D eigenvalue weighted by Gasteiger charge is 2.30. The lowest BCUT2D eigenvalue weighted by Crippen LogP contribution is -2.16. The molecule has 0 aliphatic carbocycles. The SMILES string of the molecule is CC(O)c1ccc(C(N)=NC=Nc2ccc(OC(F)(F)F)cc2)cc1. The molecule has 0 aromatic heterocycles. The predicted octanol–water partition coefficient (Wildman–Crippen LogP) is 3.70. The zero-order valence-electron chi connectivity index (χ0n) is 13.2. The fraction of sp³-hybridized carbons (Fsp3) is 0.176. The Hall–Kier alpha value is -2.87. The first-order valence-corrected chi connectivity index (χ1v) is 7.24. The first kappa shape index (κ1) is 18.5. The second-order valence-corrected chi connectivity index (χ2v) is 5.10. The van der Waals surface area contributed by atoms with E-state index in [0.29, 0.717) is 11.3 Å². The van der Waals surface area contributed by atoms with E-state index >= 15 is 0 Å². The summed E-state index contributed by atoms with van der Waals surface area (Å²) < 4.78 is 40.0. The number of alkyl halides is 3. The molecule has 0 aliphatic rings. The third kappa shape index (κ3) is 5.92. The molecular weight excluding hydrogens is 335 g/mol. The molecule has 0 bridgehead atoms. The zero-order valence-corrected chi connectivity index (χ0v) is 13.2. The maximum Gasteiger partial charge on any atom is 0.573 e. The van der Waals surface area contributed by atoms with E-state index in [2.05, 4.69) is 14.7 Å². The molecule has 5 nitrogen and oxygen atoms in total. The predicted molar refractivity (Wildman–Crippen MR) is 89.1 cm³/mol. The number of benzene rings is 2. The van der Waals surface area contributed by atoms with Gasteiger partial charge in [-0.2, -0.15) is 0 Å². The van der Waals surface area contributed by atoms with Crippen molar-refractivity contribution in [1.29, 1.82) is 0 Å². The van der Waals surface area contributed by atoms with Gasteiger partial charge in [0.25, 0.3) is 0 Å². The Labute approximate surface area is 142 Å². The molecule has 2 rings (SSSR count). The number of amidine groups is 1. The number of rotatable bonds is 5. The van der Waals surface area contributed by atoms with E-state index in [9.17, 15) is 18.3 Å². The largest absolute Gasteiger partial charge is 0.573 e. The van der Waals surface area contributed by atoms with Gasteiger partial charge in [-0.15, -0.1) is 13.2 Å². The minimum Gasteiger partial charge on any atom is -0.406 e. The van der Waals surface area contributed by atoms with E-state index in [1.165, 1.54) is 18.5 Å². The molecule has 3 N–H and O–H groups in total. The summed E-state index contributed by atoms with van der Waals surface area (Å²) in [5.74, 6) is -0.106. The van der Waals surface area contributed by atoms with Crippen LogP contribution in [0.5, 0.6) is 5.75 Å². The molecule has 132 valence electrons. The second-order valence-electron chi connectivity index (χ2n) is 5.10. The van der Waals surface area contributed by atoms with Crippen LogP contribution in [0, 0.1) is 0 Å². The smallest absolute Gasteiger partial charge is 0.406 e. The summed E-state index contributed by atoms with van der Waals surface area (Å²) >= 11 is 0. The van der Waals surface area contributed by atoms with Gasteiger partial charge in [-0.05, 0) is 36.8 Å². The molecule has 0 saturated carbocycles. The molecule has 0 fully saturated rings. The molecule has 8 heteroatoms. The van der Waals surface area contributed by atoms with Crippen LogP contribution in [0.15, 0.2) is 58.5 Å². The van der Waals surface area contributed by atoms with Crippen molar-refractivity contribution in [2.75, 3.05) is 0 Å². The van der Waals surface area contributed by atoms with Crippen molar-refractivity contribution < 1.29 is 23.0 Å². The molecule has 0 heterocycles. The van der Waals surface area contributed by atoms with Crippen molar-refractivity contribution >= 4 is 17.9 Å². The molecule has 0 saturated heterocycles. The fourth-order valence-electron chi connectivity index (χ4n) is 1.90. The third-order valence-corrected chi connectivity index (χ3v) is 3.16. The normalized spacial score (nSPS) is 13.9. The molecule has 0 amide bonds. The van der Waals surface area contributed by atoms with E-state index in [1.54, 1.807) is 31.2 Å². The number of nitrogens with zero attached hydrogens (tertiary/aromatic N) is 2. The van der Waals surface area contributed by atoms with Gasteiger partial charge < -0.3 is 15.6 Å². The van der Waals surface area contributed by atoms with E-state index in [1.807, 2.05) is 0 Å². The van der Waals surface area contributed by atoms with Crippen LogP contribution in [0.1, 0.15) is 24.2 Å². The highest BCUT2D eigenvalue weighted by Crippen LogP contribution is 2.24. The number of aliphatic hydroxyl groups excluding tert-OH is 1. The van der Waals surface area contributed by atoms with Crippen molar-refractivity contribution in [3.63, 3.8) is 0 Å². The number of nitrogens with two attached hydrogens (primary N) is 1. The number of halogens is 3. The number of aliphatic hydroxyl groups is 1. The maximum atomic E-state index is 12.1. The van der Waals surface area contributed by atoms with Gasteiger partial charge in [0.1, 0.15) is 17.9 Å². The lowest BCUT2D eigenvalue weighted by Gasteiger charge is -2.08. The average Bonchev–Trinajstić information content (AvgIpc) is 2.55. The van der Waals surface area contributed by atoms with Crippen molar-refractivity contribution in [1.82, 2.24) is 0 Å². The van der Waals surface area contributed by atoms with E-state index in [-0.39, 0.29) is 11.6 Å². The van der Waals surface area contributed by atoms with E-state index < -0.39 is 12.5 Å². The van der Waals surface area contributed by atoms with Crippen molar-refractivity contribution in [2.24, 2.45) is 15.7 Å². The summed E-state index contributed by atoms with van der Waals surface area (Å²) in [5.41, 5.74) is 7.64. The average molecular weight is 351 g/mol. The Bertz CT molecular complexity index is 752. The van der Waals surface area contributed by atoms with Crippen LogP contribution in [0.2, 0.25) is 0 Å². The van der Waals surface area contributed by atoms with Gasteiger partial charge in [-0.1, -0.05) is 24.3 Å². The molecule has 0 spiro atoms. The maximum absolute atomic E-state index is 12.1. The highest BCUT2D eigenvalue weighted by molar-refractivity contribution is 6.01. The Morgan fingerprint density at radius 3 is 2.24 bits per heavy atom. The third-order valence-electron chi connectivity index (χ3n) is 3.16. The molecule has 0 radical (unpaired) electrons. The van der Waals surface area contributed by atoms with Gasteiger partial charge in [-0.25, -0.2) is 9.98 Å². The Kier molecular flexibility index (Phi) is 5.76. The minimum absolute atomic E-state index is 0.220. The highest BCUT2D eigenvalue weighted by atomic mass is 19.4. The number of ether oxygens (including phenoxy) is 1. The molecule has 2 aromatic rings. The summed E-state index contributed by atoms with van der Waals surface area (Å²) in [7, 11) is 0. The first-order chi connectivity index (χ1) is 11.7. The summed E-state index contributed by atoms with van der Waals surface area (Å²) in [6, 6.07) is 11.9. The van der Waals surface area contributed by atoms with Gasteiger partial charge in [0.05, 0.1) is 11.8 Å². The lowest BCUT2D eigenvalue weighted by molar-refractivity contribution is -0.274. The first-order valence-electron chi connectivity index (χ1n) is 7.24. The van der Waals surface area contributed by atoms with Crippen molar-refractivity contribution in [3.8, 4) is 5.75 Å². The number of aliphatic imine (C=N–C) groups is 2. The van der Waals surface area contributed by atoms with Crippen LogP contribution < -0.4 is 10.5 Å². The number of hydrogen-bond acceptors (Lipinski definition) is 3. The van der Waals surface area contributed by atoms with E-state index in [4.69, 9.17) is 5.73 Å². The van der Waals surface area contributed by atoms with Crippen molar-refractivity contribution in [2.45, 2.75) is 19.4 Å². The second kappa shape index (κ2) is 7.80. The summed E-state index contributed by atoms with van der Waals surface area (Å²) in [6.07, 6.45) is -4.09. The molecule has 1 atom stereocenters. The molecule has 2 aromatic carbocycles. The Morgan fingerprint density at radius 1 is 1.12 bits per heavy atom. The Morgan fingerprint density at radius 2 is 1.72 bits per heavy atom. The van der Waals surface area contributed by atoms with Gasteiger partial charge in [0, 0.05) is 5.56 Å². The fourth-order valence-corrected chi connectivity index (χ4v) is 1.90. The molecule has 0 aliphatic heterocycles. The van der Waals surface area contributed by atoms with Crippen LogP contribution in [0.4, 0.5) is 18.9 Å². The van der Waals surface area contributed by atoms with Crippen LogP contribution in [-0.2, 0) is 0 Å². The van der Waals surface area contributed by atoms with Gasteiger partial charge in [-0.3, -0.25) is 0 Å². The van der Waals surface area contributed by atoms with Crippen LogP contribution >= 0.6 is 0 Å². The minimum atomic E-state index is -4.73. The van der Waals surface area contributed by atoms with Gasteiger partial charge >= 0.3 is 6.36 Å². The van der Waals surface area contributed by atoms with Crippen LogP contribution in [0.25, 0.3) is 0 Å². The number of hydrogen-bond donors (Lipinski definition) is 2. The van der Waals surface area contributed by atoms with Gasteiger partial charge in [0.2, 0.25) is 0 Å². The van der Waals surface area contributed by atoms with Crippen molar-refractivity contribution in [3.05, 3.63) is 59.7 Å². The molecular formula is C17H16F3N3O2. The lowest BCUT2D eigenvalue weighted by atomic mass is 10.1. The summed E-state index contributed by atoms with van der Waals surface area (Å²) in [6.45, 7) is 1.66. The van der Waals surface area contributed by atoms with Crippen LogP contribution in [-0.4, -0.2) is 23.6 Å². The monoisotopic (exact) mass is 351 g/mol. The quantitative estimate of drug-likeness (QED) is 0.637. The van der Waals surface area contributed by atoms with Gasteiger partial charge in [0.15, 0.2) is 0 Å².